The second-order valence-corrected chi connectivity index (χ2v) is 8.25. The molecule has 0 N–H and O–H groups in total. The highest BCUT2D eigenvalue weighted by Gasteiger charge is 2.30. The molecule has 1 aromatic heterocycles. The van der Waals surface area contributed by atoms with E-state index in [1.807, 2.05) is 49.9 Å². The van der Waals surface area contributed by atoms with E-state index in [1.54, 1.807) is 0 Å². The van der Waals surface area contributed by atoms with Gasteiger partial charge in [0.25, 0.3) is 0 Å². The summed E-state index contributed by atoms with van der Waals surface area (Å²) in [6.45, 7) is 7.03. The number of likely N-dealkylation sites (tertiary alicyclic amines) is 1. The van der Waals surface area contributed by atoms with Crippen LogP contribution in [0.2, 0.25) is 0 Å². The van der Waals surface area contributed by atoms with Crippen LogP contribution < -0.4 is 4.74 Å². The lowest BCUT2D eigenvalue weighted by atomic mass is 10.0. The van der Waals surface area contributed by atoms with E-state index < -0.39 is 5.60 Å². The maximum Gasteiger partial charge on any atom is 0.410 e. The Balaban J connectivity index is 1.57. The minimum Gasteiger partial charge on any atom is -0.477 e. The lowest BCUT2D eigenvalue weighted by molar-refractivity contribution is 0.00741. The van der Waals surface area contributed by atoms with Crippen molar-refractivity contribution in [2.24, 2.45) is 0 Å². The average Bonchev–Trinajstić information content (AvgIpc) is 2.97. The molecule has 3 rings (SSSR count). The van der Waals surface area contributed by atoms with Gasteiger partial charge < -0.3 is 14.4 Å². The Labute approximate surface area is 153 Å². The maximum atomic E-state index is 12.4. The van der Waals surface area contributed by atoms with Crippen LogP contribution in [0.15, 0.2) is 24.3 Å². The fourth-order valence-electron chi connectivity index (χ4n) is 3.12. The molecule has 1 aliphatic rings. The number of amides is 1. The molecule has 0 spiro atoms. The summed E-state index contributed by atoms with van der Waals surface area (Å²) in [5.74, 6) is 0.695. The quantitative estimate of drug-likeness (QED) is 0.780. The van der Waals surface area contributed by atoms with Gasteiger partial charge in [0, 0.05) is 19.0 Å². The summed E-state index contributed by atoms with van der Waals surface area (Å²) in [4.78, 5) is 14.3. The Kier molecular flexibility index (Phi) is 5.47. The van der Waals surface area contributed by atoms with Gasteiger partial charge in [0.2, 0.25) is 5.88 Å². The van der Waals surface area contributed by atoms with Crippen molar-refractivity contribution >= 4 is 27.7 Å². The van der Waals surface area contributed by atoms with Crippen LogP contribution in [0, 0.1) is 0 Å². The standard InChI is InChI=1S/C19H26N2O3S/c1-19(2,3)24-18(22)21-12-7-6-8-14(21)11-13-23-17-15-9-4-5-10-16(15)25-20-17/h4-5,9-10,14H,6-8,11-13H2,1-3H3/t14-/m0/s1. The van der Waals surface area contributed by atoms with Crippen molar-refractivity contribution < 1.29 is 14.3 Å². The van der Waals surface area contributed by atoms with Gasteiger partial charge >= 0.3 is 6.09 Å². The van der Waals surface area contributed by atoms with Crippen LogP contribution in [0.1, 0.15) is 46.5 Å². The van der Waals surface area contributed by atoms with Crippen molar-refractivity contribution in [2.75, 3.05) is 13.2 Å². The number of hydrogen-bond donors (Lipinski definition) is 0. The summed E-state index contributed by atoms with van der Waals surface area (Å²) in [5, 5.41) is 1.06. The number of rotatable bonds is 4. The molecule has 0 unspecified atom stereocenters. The first-order valence-electron chi connectivity index (χ1n) is 8.91. The van der Waals surface area contributed by atoms with Crippen LogP contribution in [-0.4, -0.2) is 40.2 Å². The molecule has 1 atom stereocenters. The summed E-state index contributed by atoms with van der Waals surface area (Å²) in [5.41, 5.74) is -0.463. The summed E-state index contributed by atoms with van der Waals surface area (Å²) in [6, 6.07) is 8.25. The molecule has 0 aliphatic carbocycles. The van der Waals surface area contributed by atoms with Gasteiger partial charge in [0.05, 0.1) is 16.7 Å². The molecule has 0 saturated carbocycles. The summed E-state index contributed by atoms with van der Waals surface area (Å²) >= 11 is 1.45. The smallest absolute Gasteiger partial charge is 0.410 e. The molecule has 2 heterocycles. The first-order valence-corrected chi connectivity index (χ1v) is 9.68. The number of fused-ring (bicyclic) bond motifs is 1. The first kappa shape index (κ1) is 18.0. The Morgan fingerprint density at radius 1 is 1.32 bits per heavy atom. The number of nitrogens with zero attached hydrogens (tertiary/aromatic N) is 2. The van der Waals surface area contributed by atoms with Gasteiger partial charge in [-0.25, -0.2) is 4.79 Å². The van der Waals surface area contributed by atoms with Gasteiger partial charge in [-0.3, -0.25) is 0 Å². The normalized spacial score (nSPS) is 18.4. The van der Waals surface area contributed by atoms with Gasteiger partial charge in [0.15, 0.2) is 0 Å². The van der Waals surface area contributed by atoms with E-state index in [-0.39, 0.29) is 12.1 Å². The number of ether oxygens (including phenoxy) is 2. The van der Waals surface area contributed by atoms with Gasteiger partial charge in [-0.05, 0) is 63.7 Å². The molecule has 136 valence electrons. The molecule has 1 aromatic carbocycles. The Bertz CT molecular complexity index is 723. The van der Waals surface area contributed by atoms with Crippen LogP contribution in [0.3, 0.4) is 0 Å². The number of hydrogen-bond acceptors (Lipinski definition) is 5. The highest BCUT2D eigenvalue weighted by atomic mass is 32.1. The van der Waals surface area contributed by atoms with Gasteiger partial charge in [0.1, 0.15) is 5.60 Å². The topological polar surface area (TPSA) is 51.7 Å². The third-order valence-corrected chi connectivity index (χ3v) is 5.10. The molecule has 0 bridgehead atoms. The van der Waals surface area contributed by atoms with E-state index in [0.717, 1.165) is 42.3 Å². The zero-order valence-electron chi connectivity index (χ0n) is 15.2. The minimum atomic E-state index is -0.463. The largest absolute Gasteiger partial charge is 0.477 e. The summed E-state index contributed by atoms with van der Waals surface area (Å²) in [6.07, 6.45) is 3.76. The van der Waals surface area contributed by atoms with Crippen molar-refractivity contribution in [3.05, 3.63) is 24.3 Å². The van der Waals surface area contributed by atoms with Crippen LogP contribution in [-0.2, 0) is 4.74 Å². The highest BCUT2D eigenvalue weighted by Crippen LogP contribution is 2.29. The van der Waals surface area contributed by atoms with E-state index in [2.05, 4.69) is 4.37 Å². The van der Waals surface area contributed by atoms with Crippen LogP contribution in [0.25, 0.3) is 10.1 Å². The van der Waals surface area contributed by atoms with E-state index in [9.17, 15) is 4.79 Å². The number of aromatic nitrogens is 1. The van der Waals surface area contributed by atoms with Crippen molar-refractivity contribution in [3.63, 3.8) is 0 Å². The van der Waals surface area contributed by atoms with E-state index in [4.69, 9.17) is 9.47 Å². The second-order valence-electron chi connectivity index (χ2n) is 7.44. The molecule has 1 saturated heterocycles. The molecule has 1 amide bonds. The summed E-state index contributed by atoms with van der Waals surface area (Å²) in [7, 11) is 0. The Hall–Kier alpha value is -1.82. The first-order chi connectivity index (χ1) is 11.9. The molecular formula is C19H26N2O3S. The van der Waals surface area contributed by atoms with Crippen molar-refractivity contribution in [3.8, 4) is 5.88 Å². The van der Waals surface area contributed by atoms with Gasteiger partial charge in [-0.1, -0.05) is 12.1 Å². The van der Waals surface area contributed by atoms with Crippen LogP contribution >= 0.6 is 11.5 Å². The monoisotopic (exact) mass is 362 g/mol. The lowest BCUT2D eigenvalue weighted by Gasteiger charge is -2.36. The van der Waals surface area contributed by atoms with Gasteiger partial charge in [-0.2, -0.15) is 4.37 Å². The third-order valence-electron chi connectivity index (χ3n) is 4.29. The summed E-state index contributed by atoms with van der Waals surface area (Å²) < 4.78 is 17.0. The second kappa shape index (κ2) is 7.60. The van der Waals surface area contributed by atoms with Crippen molar-refractivity contribution in [1.29, 1.82) is 0 Å². The SMILES string of the molecule is CC(C)(C)OC(=O)N1CCCC[C@H]1CCOc1nsc2ccccc12. The molecule has 1 aliphatic heterocycles. The van der Waals surface area contributed by atoms with Crippen molar-refractivity contribution in [1.82, 2.24) is 9.27 Å². The minimum absolute atomic E-state index is 0.175. The zero-order chi connectivity index (χ0) is 17.9. The fourth-order valence-corrected chi connectivity index (χ4v) is 3.85. The molecular weight excluding hydrogens is 336 g/mol. The van der Waals surface area contributed by atoms with Crippen LogP contribution in [0.4, 0.5) is 4.79 Å². The predicted molar refractivity (Wildman–Crippen MR) is 100 cm³/mol. The van der Waals surface area contributed by atoms with E-state index in [0.29, 0.717) is 12.5 Å². The number of carbonyl (C=O) groups excluding carboxylic acids is 1. The molecule has 5 nitrogen and oxygen atoms in total. The number of carbonyl (C=O) groups is 1. The average molecular weight is 362 g/mol. The maximum absolute atomic E-state index is 12.4. The number of piperidine rings is 1. The highest BCUT2D eigenvalue weighted by molar-refractivity contribution is 7.13. The van der Waals surface area contributed by atoms with Crippen molar-refractivity contribution in [2.45, 2.75) is 58.1 Å². The predicted octanol–water partition coefficient (Wildman–Crippen LogP) is 4.85. The van der Waals surface area contributed by atoms with Gasteiger partial charge in [-0.15, -0.1) is 0 Å². The Morgan fingerprint density at radius 2 is 2.12 bits per heavy atom. The van der Waals surface area contributed by atoms with Crippen LogP contribution in [0.5, 0.6) is 5.88 Å². The third kappa shape index (κ3) is 4.63. The molecule has 6 heteroatoms. The van der Waals surface area contributed by atoms with E-state index in [1.165, 1.54) is 11.5 Å². The molecule has 25 heavy (non-hydrogen) atoms. The Morgan fingerprint density at radius 3 is 2.92 bits per heavy atom. The lowest BCUT2D eigenvalue weighted by Crippen LogP contribution is -2.46. The number of benzene rings is 1. The van der Waals surface area contributed by atoms with E-state index >= 15 is 0 Å². The molecule has 2 aromatic rings. The molecule has 1 fully saturated rings. The zero-order valence-corrected chi connectivity index (χ0v) is 16.0. The fraction of sp³-hybridized carbons (Fsp3) is 0.579. The molecule has 0 radical (unpaired) electrons.